The Morgan fingerprint density at radius 3 is 2.56 bits per heavy atom. The molecule has 0 radical (unpaired) electrons. The molecule has 3 saturated heterocycles. The summed E-state index contributed by atoms with van der Waals surface area (Å²) in [6.07, 6.45) is 8.11. The van der Waals surface area contributed by atoms with E-state index >= 15 is 0 Å². The third-order valence-corrected chi connectivity index (χ3v) is 4.50. The summed E-state index contributed by atoms with van der Waals surface area (Å²) in [5.41, 5.74) is -0.900. The lowest BCUT2D eigenvalue weighted by atomic mass is 9.84. The van der Waals surface area contributed by atoms with Crippen LogP contribution in [-0.2, 0) is 4.74 Å². The van der Waals surface area contributed by atoms with Crippen molar-refractivity contribution in [2.75, 3.05) is 6.61 Å². The third kappa shape index (κ3) is 2.25. The molecule has 2 nitrogen and oxygen atoms in total. The van der Waals surface area contributed by atoms with Crippen LogP contribution in [0, 0.1) is 0 Å². The Morgan fingerprint density at radius 2 is 1.94 bits per heavy atom. The Balaban J connectivity index is 1.52. The number of alkyl halides is 1. The molecule has 16 heavy (non-hydrogen) atoms. The van der Waals surface area contributed by atoms with Crippen molar-refractivity contribution in [1.29, 1.82) is 0 Å². The molecule has 3 rings (SSSR count). The topological polar surface area (TPSA) is 21.3 Å². The van der Waals surface area contributed by atoms with Gasteiger partial charge in [-0.3, -0.25) is 0 Å². The molecule has 3 heteroatoms. The molecule has 3 fully saturated rings. The van der Waals surface area contributed by atoms with Gasteiger partial charge in [-0.2, -0.15) is 0 Å². The lowest BCUT2D eigenvalue weighted by molar-refractivity contribution is 0.0446. The maximum atomic E-state index is 14.7. The maximum Gasteiger partial charge on any atom is 0.114 e. The summed E-state index contributed by atoms with van der Waals surface area (Å²) in [4.78, 5) is 0. The minimum atomic E-state index is -0.900. The van der Waals surface area contributed by atoms with Gasteiger partial charge in [0.2, 0.25) is 0 Å². The van der Waals surface area contributed by atoms with Crippen molar-refractivity contribution in [2.45, 2.75) is 75.2 Å². The summed E-state index contributed by atoms with van der Waals surface area (Å²) in [6.45, 7) is 0.886. The average Bonchev–Trinajstić information content (AvgIpc) is 2.86. The fourth-order valence-corrected chi connectivity index (χ4v) is 3.69. The third-order valence-electron chi connectivity index (χ3n) is 4.50. The summed E-state index contributed by atoms with van der Waals surface area (Å²) >= 11 is 0. The second kappa shape index (κ2) is 4.26. The minimum Gasteiger partial charge on any atom is -0.378 e. The van der Waals surface area contributed by atoms with Gasteiger partial charge >= 0.3 is 0 Å². The normalized spacial score (nSPS) is 47.4. The molecular formula is C13H22FNO. The summed E-state index contributed by atoms with van der Waals surface area (Å²) in [7, 11) is 0. The monoisotopic (exact) mass is 227 g/mol. The second-order valence-corrected chi connectivity index (χ2v) is 5.87. The lowest BCUT2D eigenvalue weighted by Crippen LogP contribution is -2.46. The average molecular weight is 227 g/mol. The van der Waals surface area contributed by atoms with Gasteiger partial charge in [-0.05, 0) is 51.4 Å². The highest BCUT2D eigenvalue weighted by Crippen LogP contribution is 2.40. The summed E-state index contributed by atoms with van der Waals surface area (Å²) in [5.74, 6) is 0. The highest BCUT2D eigenvalue weighted by Gasteiger charge is 2.43. The van der Waals surface area contributed by atoms with Crippen molar-refractivity contribution in [2.24, 2.45) is 0 Å². The zero-order valence-electron chi connectivity index (χ0n) is 9.88. The SMILES string of the molecule is FC1(CCC2CCCO2)CC2CCC(C1)N2. The van der Waals surface area contributed by atoms with Crippen molar-refractivity contribution < 1.29 is 9.13 Å². The largest absolute Gasteiger partial charge is 0.378 e. The Hall–Kier alpha value is -0.150. The minimum absolute atomic E-state index is 0.347. The molecule has 1 N–H and O–H groups in total. The molecule has 3 aliphatic rings. The molecule has 92 valence electrons. The van der Waals surface area contributed by atoms with Gasteiger partial charge in [-0.1, -0.05) is 0 Å². The van der Waals surface area contributed by atoms with Crippen LogP contribution in [0.5, 0.6) is 0 Å². The standard InChI is InChI=1S/C13H22FNO/c14-13(6-5-12-2-1-7-16-12)8-10-3-4-11(9-13)15-10/h10-12,15H,1-9H2. The number of fused-ring (bicyclic) bond motifs is 2. The summed E-state index contributed by atoms with van der Waals surface area (Å²) in [6, 6.07) is 0.904. The molecule has 0 spiro atoms. The van der Waals surface area contributed by atoms with Crippen molar-refractivity contribution in [3.63, 3.8) is 0 Å². The highest BCUT2D eigenvalue weighted by atomic mass is 19.1. The number of hydrogen-bond acceptors (Lipinski definition) is 2. The fraction of sp³-hybridized carbons (Fsp3) is 1.00. The van der Waals surface area contributed by atoms with Gasteiger partial charge < -0.3 is 10.1 Å². The quantitative estimate of drug-likeness (QED) is 0.800. The van der Waals surface area contributed by atoms with Crippen molar-refractivity contribution in [1.82, 2.24) is 5.32 Å². The van der Waals surface area contributed by atoms with Gasteiger partial charge in [0.15, 0.2) is 0 Å². The number of halogens is 1. The van der Waals surface area contributed by atoms with Crippen molar-refractivity contribution >= 4 is 0 Å². The molecule has 3 aliphatic heterocycles. The summed E-state index contributed by atoms with van der Waals surface area (Å²) in [5, 5.41) is 3.50. The number of nitrogens with one attached hydrogen (secondary N) is 1. The Labute approximate surface area is 96.9 Å². The molecule has 3 atom stereocenters. The van der Waals surface area contributed by atoms with Crippen LogP contribution in [0.1, 0.15) is 51.4 Å². The molecule has 2 bridgehead atoms. The predicted molar refractivity (Wildman–Crippen MR) is 61.2 cm³/mol. The molecule has 0 saturated carbocycles. The zero-order valence-corrected chi connectivity index (χ0v) is 9.88. The van der Waals surface area contributed by atoms with E-state index in [0.29, 0.717) is 24.6 Å². The number of rotatable bonds is 3. The molecule has 0 amide bonds. The van der Waals surface area contributed by atoms with Crippen LogP contribution in [0.4, 0.5) is 4.39 Å². The van der Waals surface area contributed by atoms with E-state index in [4.69, 9.17) is 4.74 Å². The number of piperidine rings is 1. The van der Waals surface area contributed by atoms with E-state index in [1.807, 2.05) is 0 Å². The molecule has 0 aromatic carbocycles. The van der Waals surface area contributed by atoms with E-state index in [0.717, 1.165) is 38.7 Å². The molecule has 3 unspecified atom stereocenters. The van der Waals surface area contributed by atoms with Crippen molar-refractivity contribution in [3.8, 4) is 0 Å². The smallest absolute Gasteiger partial charge is 0.114 e. The van der Waals surface area contributed by atoms with Crippen LogP contribution >= 0.6 is 0 Å². The second-order valence-electron chi connectivity index (χ2n) is 5.87. The first-order chi connectivity index (χ1) is 7.73. The number of ether oxygens (including phenoxy) is 1. The van der Waals surface area contributed by atoms with Crippen LogP contribution in [0.3, 0.4) is 0 Å². The van der Waals surface area contributed by atoms with Gasteiger partial charge in [0.25, 0.3) is 0 Å². The van der Waals surface area contributed by atoms with Gasteiger partial charge in [-0.25, -0.2) is 4.39 Å². The first-order valence-corrected chi connectivity index (χ1v) is 6.80. The Kier molecular flexibility index (Phi) is 2.92. The first-order valence-electron chi connectivity index (χ1n) is 6.80. The van der Waals surface area contributed by atoms with E-state index in [1.54, 1.807) is 0 Å². The Bertz CT molecular complexity index is 240. The maximum absolute atomic E-state index is 14.7. The van der Waals surface area contributed by atoms with Crippen LogP contribution in [-0.4, -0.2) is 30.5 Å². The van der Waals surface area contributed by atoms with Crippen LogP contribution in [0.15, 0.2) is 0 Å². The van der Waals surface area contributed by atoms with Crippen LogP contribution in [0.25, 0.3) is 0 Å². The molecule has 0 aromatic heterocycles. The summed E-state index contributed by atoms with van der Waals surface area (Å²) < 4.78 is 20.2. The predicted octanol–water partition coefficient (Wildman–Crippen LogP) is 2.57. The van der Waals surface area contributed by atoms with Gasteiger partial charge in [-0.15, -0.1) is 0 Å². The molecule has 3 heterocycles. The van der Waals surface area contributed by atoms with Crippen LogP contribution in [0.2, 0.25) is 0 Å². The molecule has 0 aromatic rings. The number of hydrogen-bond donors (Lipinski definition) is 1. The highest BCUT2D eigenvalue weighted by molar-refractivity contribution is 5.00. The van der Waals surface area contributed by atoms with E-state index < -0.39 is 5.67 Å². The Morgan fingerprint density at radius 1 is 1.19 bits per heavy atom. The van der Waals surface area contributed by atoms with E-state index in [9.17, 15) is 4.39 Å². The van der Waals surface area contributed by atoms with E-state index in [-0.39, 0.29) is 0 Å². The first kappa shape index (κ1) is 11.0. The molecule has 0 aliphatic carbocycles. The van der Waals surface area contributed by atoms with E-state index in [2.05, 4.69) is 5.32 Å². The lowest BCUT2D eigenvalue weighted by Gasteiger charge is -2.35. The molecular weight excluding hydrogens is 205 g/mol. The van der Waals surface area contributed by atoms with Gasteiger partial charge in [0.1, 0.15) is 5.67 Å². The zero-order chi connectivity index (χ0) is 11.0. The van der Waals surface area contributed by atoms with Gasteiger partial charge in [0.05, 0.1) is 6.10 Å². The van der Waals surface area contributed by atoms with Crippen LogP contribution < -0.4 is 5.32 Å². The van der Waals surface area contributed by atoms with E-state index in [1.165, 1.54) is 12.8 Å². The fourth-order valence-electron chi connectivity index (χ4n) is 3.69. The van der Waals surface area contributed by atoms with Crippen molar-refractivity contribution in [3.05, 3.63) is 0 Å². The van der Waals surface area contributed by atoms with Gasteiger partial charge in [0, 0.05) is 18.7 Å².